The van der Waals surface area contributed by atoms with Crippen molar-refractivity contribution in [2.24, 2.45) is 11.8 Å². The molecule has 1 atom stereocenters. The number of hydrogen-bond donors (Lipinski definition) is 2. The summed E-state index contributed by atoms with van der Waals surface area (Å²) in [6, 6.07) is 12.7. The van der Waals surface area contributed by atoms with E-state index < -0.39 is 5.97 Å². The lowest BCUT2D eigenvalue weighted by atomic mass is 9.92. The molecular formula is C27H37N3O2S. The number of carbonyl (C=O) groups is 1. The van der Waals surface area contributed by atoms with Crippen LogP contribution in [0.2, 0.25) is 0 Å². The highest BCUT2D eigenvalue weighted by atomic mass is 32.1. The molecule has 1 unspecified atom stereocenters. The van der Waals surface area contributed by atoms with E-state index in [1.54, 1.807) is 11.3 Å². The molecular weight excluding hydrogens is 430 g/mol. The van der Waals surface area contributed by atoms with Crippen LogP contribution in [-0.2, 0) is 4.79 Å². The smallest absolute Gasteiger partial charge is 0.303 e. The molecule has 1 heterocycles. The zero-order valence-corrected chi connectivity index (χ0v) is 21.5. The predicted octanol–water partition coefficient (Wildman–Crippen LogP) is 7.44. The van der Waals surface area contributed by atoms with E-state index in [-0.39, 0.29) is 12.3 Å². The first-order valence-electron chi connectivity index (χ1n) is 11.9. The number of nitrogens with one attached hydrogen (secondary N) is 1. The number of aromatic nitrogens is 1. The Labute approximate surface area is 201 Å². The lowest BCUT2D eigenvalue weighted by Crippen LogP contribution is -2.31. The quantitative estimate of drug-likeness (QED) is 0.307. The van der Waals surface area contributed by atoms with Crippen LogP contribution in [0.5, 0.6) is 0 Å². The van der Waals surface area contributed by atoms with Gasteiger partial charge in [-0.05, 0) is 67.0 Å². The SMILES string of the molecule is CCC(CC(=O)O)c1ccc(N(CC(C)C)CC(C)C)c(Nc2ccc3nc(C)sc3c2)c1. The summed E-state index contributed by atoms with van der Waals surface area (Å²) in [5.74, 6) is 0.298. The number of aliphatic carboxylic acids is 1. The molecule has 2 aromatic carbocycles. The maximum atomic E-state index is 11.4. The van der Waals surface area contributed by atoms with Crippen molar-refractivity contribution >= 4 is 44.6 Å². The van der Waals surface area contributed by atoms with E-state index in [1.165, 1.54) is 0 Å². The molecule has 0 amide bonds. The molecule has 0 radical (unpaired) electrons. The highest BCUT2D eigenvalue weighted by molar-refractivity contribution is 7.18. The van der Waals surface area contributed by atoms with Gasteiger partial charge in [0.1, 0.15) is 0 Å². The van der Waals surface area contributed by atoms with Crippen LogP contribution in [-0.4, -0.2) is 29.1 Å². The minimum atomic E-state index is -0.757. The van der Waals surface area contributed by atoms with Crippen molar-refractivity contribution in [2.75, 3.05) is 23.3 Å². The minimum absolute atomic E-state index is 0.00706. The van der Waals surface area contributed by atoms with Crippen LogP contribution < -0.4 is 10.2 Å². The van der Waals surface area contributed by atoms with Crippen LogP contribution in [0.4, 0.5) is 17.1 Å². The second-order valence-corrected chi connectivity index (χ2v) is 10.9. The van der Waals surface area contributed by atoms with Crippen molar-refractivity contribution in [3.63, 3.8) is 0 Å². The Bertz CT molecular complexity index is 1080. The molecule has 0 aliphatic heterocycles. The number of fused-ring (bicyclic) bond motifs is 1. The van der Waals surface area contributed by atoms with Gasteiger partial charge >= 0.3 is 5.97 Å². The zero-order chi connectivity index (χ0) is 24.1. The van der Waals surface area contributed by atoms with Gasteiger partial charge < -0.3 is 15.3 Å². The second-order valence-electron chi connectivity index (χ2n) is 9.71. The monoisotopic (exact) mass is 467 g/mol. The van der Waals surface area contributed by atoms with E-state index in [2.05, 4.69) is 86.2 Å². The van der Waals surface area contributed by atoms with Crippen molar-refractivity contribution in [3.05, 3.63) is 47.0 Å². The number of carboxylic acids is 1. The summed E-state index contributed by atoms with van der Waals surface area (Å²) in [5, 5.41) is 14.1. The average Bonchev–Trinajstić information content (AvgIpc) is 3.10. The summed E-state index contributed by atoms with van der Waals surface area (Å²) in [4.78, 5) is 18.5. The van der Waals surface area contributed by atoms with Gasteiger partial charge in [0, 0.05) is 18.8 Å². The number of hydrogen-bond acceptors (Lipinski definition) is 5. The molecule has 2 N–H and O–H groups in total. The molecule has 0 saturated heterocycles. The van der Waals surface area contributed by atoms with E-state index in [0.717, 1.165) is 57.4 Å². The Hall–Kier alpha value is -2.60. The molecule has 0 aliphatic rings. The van der Waals surface area contributed by atoms with Crippen molar-refractivity contribution in [2.45, 2.75) is 60.3 Å². The van der Waals surface area contributed by atoms with Gasteiger partial charge in [0.05, 0.1) is 33.0 Å². The molecule has 0 fully saturated rings. The van der Waals surface area contributed by atoms with E-state index in [4.69, 9.17) is 0 Å². The van der Waals surface area contributed by atoms with E-state index in [9.17, 15) is 9.90 Å². The second kappa shape index (κ2) is 11.0. The molecule has 3 rings (SSSR count). The van der Waals surface area contributed by atoms with Crippen molar-refractivity contribution in [3.8, 4) is 0 Å². The van der Waals surface area contributed by atoms with Gasteiger partial charge in [-0.15, -0.1) is 11.3 Å². The van der Waals surface area contributed by atoms with Gasteiger partial charge in [-0.2, -0.15) is 0 Å². The van der Waals surface area contributed by atoms with Crippen molar-refractivity contribution in [1.29, 1.82) is 0 Å². The zero-order valence-electron chi connectivity index (χ0n) is 20.7. The van der Waals surface area contributed by atoms with Crippen LogP contribution in [0.3, 0.4) is 0 Å². The van der Waals surface area contributed by atoms with E-state index in [1.807, 2.05) is 6.92 Å². The number of aryl methyl sites for hydroxylation is 1. The summed E-state index contributed by atoms with van der Waals surface area (Å²) < 4.78 is 1.16. The van der Waals surface area contributed by atoms with Crippen LogP contribution in [0.1, 0.15) is 63.9 Å². The van der Waals surface area contributed by atoms with E-state index in [0.29, 0.717) is 11.8 Å². The fourth-order valence-electron chi connectivity index (χ4n) is 4.32. The number of carboxylic acid groups (broad SMARTS) is 1. The van der Waals surface area contributed by atoms with Crippen molar-refractivity contribution < 1.29 is 9.90 Å². The number of rotatable bonds is 11. The summed E-state index contributed by atoms with van der Waals surface area (Å²) >= 11 is 1.70. The van der Waals surface area contributed by atoms with Gasteiger partial charge in [0.15, 0.2) is 0 Å². The average molecular weight is 468 g/mol. The van der Waals surface area contributed by atoms with Gasteiger partial charge in [-0.3, -0.25) is 4.79 Å². The first kappa shape index (κ1) is 25.0. The van der Waals surface area contributed by atoms with Crippen LogP contribution in [0.15, 0.2) is 36.4 Å². The van der Waals surface area contributed by atoms with Gasteiger partial charge in [-0.25, -0.2) is 4.98 Å². The number of thiazole rings is 1. The first-order valence-corrected chi connectivity index (χ1v) is 12.7. The normalized spacial score (nSPS) is 12.5. The molecule has 3 aromatic rings. The van der Waals surface area contributed by atoms with Gasteiger partial charge in [-0.1, -0.05) is 40.7 Å². The molecule has 1 aromatic heterocycles. The molecule has 33 heavy (non-hydrogen) atoms. The molecule has 178 valence electrons. The Balaban J connectivity index is 2.05. The highest BCUT2D eigenvalue weighted by Crippen LogP contribution is 2.36. The Kier molecular flexibility index (Phi) is 8.35. The highest BCUT2D eigenvalue weighted by Gasteiger charge is 2.19. The third-order valence-corrected chi connectivity index (χ3v) is 6.63. The maximum absolute atomic E-state index is 11.4. The molecule has 0 aliphatic carbocycles. The van der Waals surface area contributed by atoms with E-state index >= 15 is 0 Å². The molecule has 0 spiro atoms. The Morgan fingerprint density at radius 3 is 2.39 bits per heavy atom. The first-order chi connectivity index (χ1) is 15.7. The lowest BCUT2D eigenvalue weighted by molar-refractivity contribution is -0.137. The third-order valence-electron chi connectivity index (χ3n) is 5.69. The standard InChI is InChI=1S/C27H37N3O2S/c1-7-20(13-27(31)32)21-8-11-25(30(15-17(2)3)16-18(4)5)24(12-21)29-22-9-10-23-26(14-22)33-19(6)28-23/h8-12,14,17-18,20,29H,7,13,15-16H2,1-6H3,(H,31,32). The topological polar surface area (TPSA) is 65.5 Å². The van der Waals surface area contributed by atoms with Crippen LogP contribution in [0, 0.1) is 18.8 Å². The summed E-state index contributed by atoms with van der Waals surface area (Å²) in [5.41, 5.74) is 5.29. The number of nitrogens with zero attached hydrogens (tertiary/aromatic N) is 2. The number of anilines is 3. The van der Waals surface area contributed by atoms with Gasteiger partial charge in [0.2, 0.25) is 0 Å². The Morgan fingerprint density at radius 2 is 1.79 bits per heavy atom. The maximum Gasteiger partial charge on any atom is 0.303 e. The fraction of sp³-hybridized carbons (Fsp3) is 0.481. The van der Waals surface area contributed by atoms with Crippen molar-refractivity contribution in [1.82, 2.24) is 4.98 Å². The summed E-state index contributed by atoms with van der Waals surface area (Å²) in [7, 11) is 0. The number of benzene rings is 2. The van der Waals surface area contributed by atoms with Gasteiger partial charge in [0.25, 0.3) is 0 Å². The molecule has 0 saturated carbocycles. The Morgan fingerprint density at radius 1 is 1.09 bits per heavy atom. The molecule has 5 nitrogen and oxygen atoms in total. The predicted molar refractivity (Wildman–Crippen MR) is 141 cm³/mol. The third kappa shape index (κ3) is 6.70. The fourth-order valence-corrected chi connectivity index (χ4v) is 5.18. The molecule has 6 heteroatoms. The lowest BCUT2D eigenvalue weighted by Gasteiger charge is -2.31. The summed E-state index contributed by atoms with van der Waals surface area (Å²) in [6.45, 7) is 15.0. The van der Waals surface area contributed by atoms with Crippen LogP contribution in [0.25, 0.3) is 10.2 Å². The largest absolute Gasteiger partial charge is 0.481 e. The molecule has 0 bridgehead atoms. The minimum Gasteiger partial charge on any atom is -0.481 e. The summed E-state index contributed by atoms with van der Waals surface area (Å²) in [6.07, 6.45) is 0.933. The van der Waals surface area contributed by atoms with Crippen LogP contribution >= 0.6 is 11.3 Å².